The van der Waals surface area contributed by atoms with E-state index in [2.05, 4.69) is 55.3 Å². The number of hydrogen-bond donors (Lipinski definition) is 2. The average Bonchev–Trinajstić information content (AvgIpc) is 2.53. The Balaban J connectivity index is 0.00000312. The van der Waals surface area contributed by atoms with Gasteiger partial charge < -0.3 is 15.8 Å². The summed E-state index contributed by atoms with van der Waals surface area (Å²) < 4.78 is 5.84. The quantitative estimate of drug-likeness (QED) is 0.391. The number of ether oxygens (including phenoxy) is 1. The van der Waals surface area contributed by atoms with Crippen LogP contribution >= 0.6 is 24.0 Å². The minimum absolute atomic E-state index is 0. The van der Waals surface area contributed by atoms with Crippen molar-refractivity contribution in [3.8, 4) is 0 Å². The van der Waals surface area contributed by atoms with Crippen LogP contribution in [0.2, 0.25) is 0 Å². The number of nitrogens with one attached hydrogen (secondary N) is 1. The van der Waals surface area contributed by atoms with Gasteiger partial charge in [-0.1, -0.05) is 54.6 Å². The third-order valence-electron chi connectivity index (χ3n) is 3.41. The molecule has 5 heteroatoms. The fourth-order valence-electron chi connectivity index (χ4n) is 2.30. The van der Waals surface area contributed by atoms with Crippen molar-refractivity contribution in [1.82, 2.24) is 5.32 Å². The second-order valence-electron chi connectivity index (χ2n) is 6.82. The molecule has 0 spiro atoms. The number of hydrogen-bond acceptors (Lipinski definition) is 2. The lowest BCUT2D eigenvalue weighted by atomic mass is 10.1. The molecule has 0 aliphatic rings. The highest BCUT2D eigenvalue weighted by molar-refractivity contribution is 14.0. The molecular weight excluding hydrogens is 425 g/mol. The van der Waals surface area contributed by atoms with Crippen LogP contribution in [0.5, 0.6) is 0 Å². The molecule has 25 heavy (non-hydrogen) atoms. The maximum absolute atomic E-state index is 5.94. The van der Waals surface area contributed by atoms with E-state index in [0.29, 0.717) is 25.7 Å². The normalized spacial score (nSPS) is 11.7. The smallest absolute Gasteiger partial charge is 0.189 e. The zero-order valence-electron chi connectivity index (χ0n) is 15.2. The SMILES string of the molecule is CC(C)(C)NC(N)=NCc1ccccc1COCc1ccccc1.I. The molecule has 4 nitrogen and oxygen atoms in total. The van der Waals surface area contributed by atoms with E-state index < -0.39 is 0 Å². The van der Waals surface area contributed by atoms with Gasteiger partial charge in [-0.2, -0.15) is 0 Å². The summed E-state index contributed by atoms with van der Waals surface area (Å²) in [6.45, 7) is 7.88. The Morgan fingerprint density at radius 3 is 2.20 bits per heavy atom. The Morgan fingerprint density at radius 2 is 1.56 bits per heavy atom. The summed E-state index contributed by atoms with van der Waals surface area (Å²) in [5.41, 5.74) is 9.29. The Hall–Kier alpha value is -1.60. The van der Waals surface area contributed by atoms with Gasteiger partial charge in [0.2, 0.25) is 0 Å². The topological polar surface area (TPSA) is 59.6 Å². The molecule has 3 N–H and O–H groups in total. The molecule has 0 aliphatic heterocycles. The van der Waals surface area contributed by atoms with Crippen molar-refractivity contribution in [2.75, 3.05) is 0 Å². The van der Waals surface area contributed by atoms with Crippen LogP contribution in [0, 0.1) is 0 Å². The summed E-state index contributed by atoms with van der Waals surface area (Å²) in [6, 6.07) is 18.3. The van der Waals surface area contributed by atoms with Crippen molar-refractivity contribution >= 4 is 29.9 Å². The van der Waals surface area contributed by atoms with E-state index in [4.69, 9.17) is 10.5 Å². The molecule has 0 amide bonds. The third kappa shape index (κ3) is 8.36. The van der Waals surface area contributed by atoms with Crippen LogP contribution in [0.3, 0.4) is 0 Å². The number of nitrogens with two attached hydrogens (primary N) is 1. The zero-order valence-corrected chi connectivity index (χ0v) is 17.5. The van der Waals surface area contributed by atoms with Crippen molar-refractivity contribution in [3.05, 3.63) is 71.3 Å². The van der Waals surface area contributed by atoms with Gasteiger partial charge >= 0.3 is 0 Å². The molecule has 136 valence electrons. The monoisotopic (exact) mass is 453 g/mol. The molecule has 0 aromatic heterocycles. The Morgan fingerprint density at radius 1 is 0.960 bits per heavy atom. The third-order valence-corrected chi connectivity index (χ3v) is 3.41. The molecule has 0 fully saturated rings. The lowest BCUT2D eigenvalue weighted by molar-refractivity contribution is 0.106. The van der Waals surface area contributed by atoms with Gasteiger partial charge in [-0.05, 0) is 37.5 Å². The van der Waals surface area contributed by atoms with E-state index in [9.17, 15) is 0 Å². The summed E-state index contributed by atoms with van der Waals surface area (Å²) >= 11 is 0. The van der Waals surface area contributed by atoms with Gasteiger partial charge in [0.15, 0.2) is 5.96 Å². The van der Waals surface area contributed by atoms with E-state index in [-0.39, 0.29) is 29.5 Å². The van der Waals surface area contributed by atoms with Crippen LogP contribution in [0.1, 0.15) is 37.5 Å². The van der Waals surface area contributed by atoms with Gasteiger partial charge in [0.25, 0.3) is 0 Å². The second-order valence-corrected chi connectivity index (χ2v) is 6.82. The minimum Gasteiger partial charge on any atom is -0.372 e. The van der Waals surface area contributed by atoms with Crippen molar-refractivity contribution < 1.29 is 4.74 Å². The first kappa shape index (κ1) is 21.4. The highest BCUT2D eigenvalue weighted by Crippen LogP contribution is 2.13. The molecule has 0 saturated heterocycles. The first-order chi connectivity index (χ1) is 11.4. The van der Waals surface area contributed by atoms with Gasteiger partial charge in [0.1, 0.15) is 0 Å². The standard InChI is InChI=1S/C20H27N3O.HI/c1-20(2,3)23-19(21)22-13-17-11-7-8-12-18(17)15-24-14-16-9-5-4-6-10-16;/h4-12H,13-15H2,1-3H3,(H3,21,22,23);1H. The van der Waals surface area contributed by atoms with E-state index in [1.165, 1.54) is 5.56 Å². The van der Waals surface area contributed by atoms with Crippen LogP contribution in [-0.4, -0.2) is 11.5 Å². The number of halogens is 1. The van der Waals surface area contributed by atoms with E-state index in [0.717, 1.165) is 11.1 Å². The predicted molar refractivity (Wildman–Crippen MR) is 115 cm³/mol. The fourth-order valence-corrected chi connectivity index (χ4v) is 2.30. The Kier molecular flexibility index (Phi) is 8.92. The van der Waals surface area contributed by atoms with Gasteiger partial charge in [-0.3, -0.25) is 0 Å². The predicted octanol–water partition coefficient (Wildman–Crippen LogP) is 4.22. The highest BCUT2D eigenvalue weighted by atomic mass is 127. The van der Waals surface area contributed by atoms with Gasteiger partial charge in [-0.25, -0.2) is 4.99 Å². The van der Waals surface area contributed by atoms with Crippen molar-refractivity contribution in [2.24, 2.45) is 10.7 Å². The van der Waals surface area contributed by atoms with Gasteiger partial charge in [0.05, 0.1) is 19.8 Å². The number of rotatable bonds is 6. The Bertz CT molecular complexity index is 666. The number of guanidine groups is 1. The molecule has 0 unspecified atom stereocenters. The summed E-state index contributed by atoms with van der Waals surface area (Å²) in [5.74, 6) is 0.461. The molecule has 0 heterocycles. The van der Waals surface area contributed by atoms with Gasteiger partial charge in [-0.15, -0.1) is 24.0 Å². The molecule has 2 aromatic rings. The summed E-state index contributed by atoms with van der Waals surface area (Å²) in [7, 11) is 0. The largest absolute Gasteiger partial charge is 0.372 e. The molecular formula is C20H28IN3O. The van der Waals surface area contributed by atoms with E-state index in [1.807, 2.05) is 30.3 Å². The molecule has 2 rings (SSSR count). The van der Waals surface area contributed by atoms with Gasteiger partial charge in [0, 0.05) is 5.54 Å². The second kappa shape index (κ2) is 10.4. The maximum Gasteiger partial charge on any atom is 0.189 e. The summed E-state index contributed by atoms with van der Waals surface area (Å²) in [4.78, 5) is 4.43. The van der Waals surface area contributed by atoms with Crippen LogP contribution in [0.15, 0.2) is 59.6 Å². The molecule has 0 saturated carbocycles. The first-order valence-electron chi connectivity index (χ1n) is 8.20. The van der Waals surface area contributed by atoms with Crippen LogP contribution in [-0.2, 0) is 24.5 Å². The van der Waals surface area contributed by atoms with E-state index in [1.54, 1.807) is 0 Å². The molecule has 0 aliphatic carbocycles. The molecule has 0 radical (unpaired) electrons. The minimum atomic E-state index is -0.0914. The van der Waals surface area contributed by atoms with Crippen LogP contribution < -0.4 is 11.1 Å². The molecule has 0 bridgehead atoms. The number of benzene rings is 2. The highest BCUT2D eigenvalue weighted by Gasteiger charge is 2.10. The zero-order chi connectivity index (χ0) is 17.4. The van der Waals surface area contributed by atoms with Crippen molar-refractivity contribution in [2.45, 2.75) is 46.1 Å². The lowest BCUT2D eigenvalue weighted by Crippen LogP contribution is -2.45. The van der Waals surface area contributed by atoms with Crippen LogP contribution in [0.25, 0.3) is 0 Å². The fraction of sp³-hybridized carbons (Fsp3) is 0.350. The van der Waals surface area contributed by atoms with E-state index >= 15 is 0 Å². The van der Waals surface area contributed by atoms with Crippen molar-refractivity contribution in [1.29, 1.82) is 0 Å². The lowest BCUT2D eigenvalue weighted by Gasteiger charge is -2.21. The van der Waals surface area contributed by atoms with Crippen molar-refractivity contribution in [3.63, 3.8) is 0 Å². The summed E-state index contributed by atoms with van der Waals surface area (Å²) in [6.07, 6.45) is 0. The maximum atomic E-state index is 5.94. The average molecular weight is 453 g/mol. The summed E-state index contributed by atoms with van der Waals surface area (Å²) in [5, 5.41) is 3.17. The molecule has 0 atom stereocenters. The molecule has 2 aromatic carbocycles. The number of aliphatic imine (C=N–C) groups is 1. The van der Waals surface area contributed by atoms with Crippen LogP contribution in [0.4, 0.5) is 0 Å². The first-order valence-corrected chi connectivity index (χ1v) is 8.20. The number of nitrogens with zero attached hydrogens (tertiary/aromatic N) is 1. The Labute approximate surface area is 167 Å².